The lowest BCUT2D eigenvalue weighted by atomic mass is 9.84. The third-order valence-corrected chi connectivity index (χ3v) is 6.02. The molecule has 2 rings (SSSR count). The van der Waals surface area contributed by atoms with Gasteiger partial charge in [0.15, 0.2) is 0 Å². The van der Waals surface area contributed by atoms with E-state index in [2.05, 4.69) is 22.3 Å². The van der Waals surface area contributed by atoms with Crippen molar-refractivity contribution in [2.75, 3.05) is 31.5 Å². The van der Waals surface area contributed by atoms with Gasteiger partial charge >= 0.3 is 0 Å². The van der Waals surface area contributed by atoms with E-state index in [1.54, 1.807) is 12.1 Å². The normalized spacial score (nSPS) is 17.2. The number of carbonyl (C=O) groups excluding carboxylic acids is 1. The molecular weight excluding hydrogens is 340 g/mol. The molecule has 1 unspecified atom stereocenters. The van der Waals surface area contributed by atoms with E-state index in [-0.39, 0.29) is 23.9 Å². The first-order valence-electron chi connectivity index (χ1n) is 8.72. The molecule has 1 fully saturated rings. The van der Waals surface area contributed by atoms with Crippen molar-refractivity contribution in [2.24, 2.45) is 17.6 Å². The predicted molar refractivity (Wildman–Crippen MR) is 98.7 cm³/mol. The Hall–Kier alpha value is -1.48. The maximum Gasteiger partial charge on any atom is 0.240 e. The van der Waals surface area contributed by atoms with E-state index in [4.69, 9.17) is 5.73 Å². The number of amides is 1. The van der Waals surface area contributed by atoms with E-state index < -0.39 is 10.0 Å². The minimum atomic E-state index is -3.61. The fourth-order valence-electron chi connectivity index (χ4n) is 3.10. The van der Waals surface area contributed by atoms with Gasteiger partial charge in [-0.3, -0.25) is 4.79 Å². The number of nitrogens with two attached hydrogens (primary N) is 1. The summed E-state index contributed by atoms with van der Waals surface area (Å²) < 4.78 is 26.7. The van der Waals surface area contributed by atoms with E-state index in [9.17, 15) is 13.2 Å². The van der Waals surface area contributed by atoms with Gasteiger partial charge in [0.1, 0.15) is 0 Å². The molecular formula is C17H28N4O3S. The van der Waals surface area contributed by atoms with Crippen molar-refractivity contribution in [1.82, 2.24) is 10.0 Å². The summed E-state index contributed by atoms with van der Waals surface area (Å²) in [6.45, 7) is 4.52. The molecule has 8 heteroatoms. The lowest BCUT2D eigenvalue weighted by Gasteiger charge is -2.27. The average molecular weight is 369 g/mol. The van der Waals surface area contributed by atoms with Gasteiger partial charge in [-0.2, -0.15) is 0 Å². The van der Waals surface area contributed by atoms with E-state index >= 15 is 0 Å². The minimum absolute atomic E-state index is 0.0875. The first-order chi connectivity index (χ1) is 11.9. The number of rotatable bonds is 8. The van der Waals surface area contributed by atoms with Gasteiger partial charge < -0.3 is 16.4 Å². The number of hydrogen-bond donors (Lipinski definition) is 4. The summed E-state index contributed by atoms with van der Waals surface area (Å²) in [4.78, 5) is 12.4. The highest BCUT2D eigenvalue weighted by Crippen LogP contribution is 2.25. The number of nitrogens with one attached hydrogen (secondary N) is 3. The maximum absolute atomic E-state index is 12.3. The molecule has 0 radical (unpaired) electrons. The van der Waals surface area contributed by atoms with Crippen molar-refractivity contribution in [3.8, 4) is 0 Å². The summed E-state index contributed by atoms with van der Waals surface area (Å²) in [6.07, 6.45) is 2.62. The smallest absolute Gasteiger partial charge is 0.240 e. The van der Waals surface area contributed by atoms with Crippen molar-refractivity contribution in [3.63, 3.8) is 0 Å². The number of anilines is 1. The van der Waals surface area contributed by atoms with Gasteiger partial charge in [-0.25, -0.2) is 13.1 Å². The fourth-order valence-corrected chi connectivity index (χ4v) is 4.20. The summed E-state index contributed by atoms with van der Waals surface area (Å²) in [5.41, 5.74) is 5.81. The summed E-state index contributed by atoms with van der Waals surface area (Å²) in [5.74, 6) is 0.773. The molecule has 1 atom stereocenters. The first kappa shape index (κ1) is 19.8. The van der Waals surface area contributed by atoms with Crippen LogP contribution in [0.25, 0.3) is 0 Å². The van der Waals surface area contributed by atoms with Gasteiger partial charge in [-0.05, 0) is 56.0 Å². The van der Waals surface area contributed by atoms with E-state index in [0.717, 1.165) is 25.9 Å². The van der Waals surface area contributed by atoms with Crippen LogP contribution in [-0.2, 0) is 14.8 Å². The van der Waals surface area contributed by atoms with Gasteiger partial charge in [-0.1, -0.05) is 13.0 Å². The molecule has 1 aliphatic heterocycles. The standard InChI is InChI=1S/C17H28N4O3S/c1-13(14-5-8-19-9-6-14)11-17(22)21-15-3-2-4-16(12-15)25(23,24)20-10-7-18/h2-4,12-14,19-20H,5-11,18H2,1H3,(H,21,22). The number of carbonyl (C=O) groups is 1. The molecule has 25 heavy (non-hydrogen) atoms. The summed E-state index contributed by atoms with van der Waals surface area (Å²) in [5, 5.41) is 6.14. The largest absolute Gasteiger partial charge is 0.329 e. The Morgan fingerprint density at radius 1 is 1.36 bits per heavy atom. The van der Waals surface area contributed by atoms with Crippen LogP contribution in [0.1, 0.15) is 26.2 Å². The van der Waals surface area contributed by atoms with Gasteiger partial charge in [0.05, 0.1) is 4.90 Å². The molecule has 140 valence electrons. The van der Waals surface area contributed by atoms with Gasteiger partial charge in [0, 0.05) is 25.2 Å². The van der Waals surface area contributed by atoms with Crippen LogP contribution in [-0.4, -0.2) is 40.5 Å². The van der Waals surface area contributed by atoms with E-state index in [0.29, 0.717) is 23.9 Å². The molecule has 0 aromatic heterocycles. The van der Waals surface area contributed by atoms with Crippen LogP contribution in [0, 0.1) is 11.8 Å². The molecule has 0 bridgehead atoms. The van der Waals surface area contributed by atoms with Crippen LogP contribution in [0.15, 0.2) is 29.2 Å². The Balaban J connectivity index is 1.95. The van der Waals surface area contributed by atoms with Gasteiger partial charge in [0.2, 0.25) is 15.9 Å². The number of sulfonamides is 1. The Morgan fingerprint density at radius 2 is 2.08 bits per heavy atom. The fraction of sp³-hybridized carbons (Fsp3) is 0.588. The molecule has 1 aromatic carbocycles. The molecule has 1 saturated heterocycles. The molecule has 1 aromatic rings. The second-order valence-electron chi connectivity index (χ2n) is 6.53. The molecule has 0 aliphatic carbocycles. The maximum atomic E-state index is 12.3. The van der Waals surface area contributed by atoms with Crippen LogP contribution in [0.3, 0.4) is 0 Å². The van der Waals surface area contributed by atoms with Crippen LogP contribution in [0.2, 0.25) is 0 Å². The predicted octanol–water partition coefficient (Wildman–Crippen LogP) is 0.888. The third kappa shape index (κ3) is 6.07. The second-order valence-corrected chi connectivity index (χ2v) is 8.30. The van der Waals surface area contributed by atoms with E-state index in [1.807, 2.05) is 0 Å². The van der Waals surface area contributed by atoms with Crippen molar-refractivity contribution < 1.29 is 13.2 Å². The Labute approximate surface area is 149 Å². The highest BCUT2D eigenvalue weighted by atomic mass is 32.2. The van der Waals surface area contributed by atoms with Crippen molar-refractivity contribution in [3.05, 3.63) is 24.3 Å². The van der Waals surface area contributed by atoms with Crippen LogP contribution >= 0.6 is 0 Å². The van der Waals surface area contributed by atoms with Crippen LogP contribution in [0.4, 0.5) is 5.69 Å². The molecule has 7 nitrogen and oxygen atoms in total. The Kier molecular flexibility index (Phi) is 7.37. The van der Waals surface area contributed by atoms with Crippen molar-refractivity contribution in [1.29, 1.82) is 0 Å². The molecule has 1 amide bonds. The van der Waals surface area contributed by atoms with Crippen LogP contribution < -0.4 is 21.1 Å². The summed E-state index contributed by atoms with van der Waals surface area (Å²) in [7, 11) is -3.61. The number of hydrogen-bond acceptors (Lipinski definition) is 5. The van der Waals surface area contributed by atoms with E-state index in [1.165, 1.54) is 12.1 Å². The average Bonchev–Trinajstić information content (AvgIpc) is 2.61. The second kappa shape index (κ2) is 9.28. The third-order valence-electron chi connectivity index (χ3n) is 4.56. The minimum Gasteiger partial charge on any atom is -0.329 e. The highest BCUT2D eigenvalue weighted by Gasteiger charge is 2.22. The lowest BCUT2D eigenvalue weighted by Crippen LogP contribution is -2.32. The zero-order chi connectivity index (χ0) is 18.3. The number of piperidine rings is 1. The quantitative estimate of drug-likeness (QED) is 0.544. The Morgan fingerprint density at radius 3 is 2.76 bits per heavy atom. The number of benzene rings is 1. The van der Waals surface area contributed by atoms with Crippen LogP contribution in [0.5, 0.6) is 0 Å². The van der Waals surface area contributed by atoms with Crippen molar-refractivity contribution in [2.45, 2.75) is 31.1 Å². The molecule has 5 N–H and O–H groups in total. The zero-order valence-electron chi connectivity index (χ0n) is 14.6. The summed E-state index contributed by atoms with van der Waals surface area (Å²) in [6, 6.07) is 6.26. The van der Waals surface area contributed by atoms with Gasteiger partial charge in [0.25, 0.3) is 0 Å². The highest BCUT2D eigenvalue weighted by molar-refractivity contribution is 7.89. The van der Waals surface area contributed by atoms with Gasteiger partial charge in [-0.15, -0.1) is 0 Å². The summed E-state index contributed by atoms with van der Waals surface area (Å²) >= 11 is 0. The Bertz CT molecular complexity index is 672. The molecule has 1 heterocycles. The van der Waals surface area contributed by atoms with Crippen molar-refractivity contribution >= 4 is 21.6 Å². The topological polar surface area (TPSA) is 113 Å². The monoisotopic (exact) mass is 368 g/mol. The lowest BCUT2D eigenvalue weighted by molar-refractivity contribution is -0.117. The first-order valence-corrected chi connectivity index (χ1v) is 10.2. The molecule has 1 aliphatic rings. The molecule has 0 saturated carbocycles. The zero-order valence-corrected chi connectivity index (χ0v) is 15.4. The SMILES string of the molecule is CC(CC(=O)Nc1cccc(S(=O)(=O)NCCN)c1)C1CCNCC1. The molecule has 0 spiro atoms.